The van der Waals surface area contributed by atoms with Gasteiger partial charge in [0, 0.05) is 0 Å². The van der Waals surface area contributed by atoms with E-state index in [4.69, 9.17) is 10.5 Å². The van der Waals surface area contributed by atoms with Crippen molar-refractivity contribution in [3.63, 3.8) is 0 Å². The Bertz CT molecular complexity index is 159. The maximum absolute atomic E-state index is 11.2. The zero-order valence-electron chi connectivity index (χ0n) is 7.58. The molecule has 0 aromatic carbocycles. The van der Waals surface area contributed by atoms with Crippen molar-refractivity contribution in [1.29, 1.82) is 0 Å². The van der Waals surface area contributed by atoms with Gasteiger partial charge in [-0.3, -0.25) is 4.79 Å². The Balaban J connectivity index is 2.40. The van der Waals surface area contributed by atoms with Gasteiger partial charge < -0.3 is 10.5 Å². The first-order chi connectivity index (χ1) is 5.77. The number of esters is 1. The van der Waals surface area contributed by atoms with Gasteiger partial charge in [0.25, 0.3) is 0 Å². The summed E-state index contributed by atoms with van der Waals surface area (Å²) in [5, 5.41) is 0. The summed E-state index contributed by atoms with van der Waals surface area (Å²) in [4.78, 5) is 11.2. The van der Waals surface area contributed by atoms with Crippen LogP contribution in [-0.4, -0.2) is 19.6 Å². The van der Waals surface area contributed by atoms with E-state index in [1.165, 1.54) is 13.5 Å². The molecule has 70 valence electrons. The van der Waals surface area contributed by atoms with E-state index in [0.717, 1.165) is 19.3 Å². The van der Waals surface area contributed by atoms with Crippen LogP contribution in [0.15, 0.2) is 0 Å². The van der Waals surface area contributed by atoms with Crippen molar-refractivity contribution < 1.29 is 9.53 Å². The number of methoxy groups -OCH3 is 1. The van der Waals surface area contributed by atoms with Crippen LogP contribution in [0.4, 0.5) is 0 Å². The fourth-order valence-electron chi connectivity index (χ4n) is 1.89. The van der Waals surface area contributed by atoms with Gasteiger partial charge in [-0.2, -0.15) is 0 Å². The molecule has 3 nitrogen and oxygen atoms in total. The van der Waals surface area contributed by atoms with E-state index in [0.29, 0.717) is 12.5 Å². The van der Waals surface area contributed by atoms with Crippen LogP contribution in [0.2, 0.25) is 0 Å². The molecule has 0 bridgehead atoms. The van der Waals surface area contributed by atoms with Gasteiger partial charge in [0.05, 0.1) is 13.0 Å². The molecule has 1 aliphatic rings. The first kappa shape index (κ1) is 9.52. The van der Waals surface area contributed by atoms with Crippen molar-refractivity contribution in [1.82, 2.24) is 0 Å². The molecule has 0 spiro atoms. The van der Waals surface area contributed by atoms with Crippen LogP contribution >= 0.6 is 0 Å². The molecule has 1 rings (SSSR count). The second-order valence-corrected chi connectivity index (χ2v) is 3.49. The molecule has 3 heteroatoms. The summed E-state index contributed by atoms with van der Waals surface area (Å²) in [7, 11) is 1.45. The Labute approximate surface area is 73.3 Å². The minimum atomic E-state index is -0.0619. The molecule has 0 heterocycles. The topological polar surface area (TPSA) is 52.3 Å². The summed E-state index contributed by atoms with van der Waals surface area (Å²) >= 11 is 0. The molecule has 0 aliphatic heterocycles. The van der Waals surface area contributed by atoms with Gasteiger partial charge in [-0.25, -0.2) is 0 Å². The zero-order valence-corrected chi connectivity index (χ0v) is 7.58. The molecule has 0 aromatic rings. The predicted octanol–water partition coefficient (Wildman–Crippen LogP) is 0.924. The fourth-order valence-corrected chi connectivity index (χ4v) is 1.89. The third-order valence-corrected chi connectivity index (χ3v) is 2.65. The van der Waals surface area contributed by atoms with E-state index >= 15 is 0 Å². The Morgan fingerprint density at radius 2 is 2.33 bits per heavy atom. The van der Waals surface area contributed by atoms with E-state index < -0.39 is 0 Å². The smallest absolute Gasteiger partial charge is 0.308 e. The molecular formula is C9H17NO2. The summed E-state index contributed by atoms with van der Waals surface area (Å²) in [6, 6.07) is 0. The summed E-state index contributed by atoms with van der Waals surface area (Å²) in [6.07, 6.45) is 4.18. The van der Waals surface area contributed by atoms with E-state index in [1.54, 1.807) is 0 Å². The SMILES string of the molecule is COC(=O)[C@@H]1CCC[C@@H](CN)C1. The molecule has 0 unspecified atom stereocenters. The first-order valence-corrected chi connectivity index (χ1v) is 4.55. The Morgan fingerprint density at radius 3 is 2.92 bits per heavy atom. The number of ether oxygens (including phenoxy) is 1. The molecule has 2 N–H and O–H groups in total. The molecular weight excluding hydrogens is 154 g/mol. The molecule has 0 saturated heterocycles. The lowest BCUT2D eigenvalue weighted by molar-refractivity contribution is -0.147. The van der Waals surface area contributed by atoms with E-state index in [2.05, 4.69) is 0 Å². The van der Waals surface area contributed by atoms with E-state index in [1.807, 2.05) is 0 Å². The van der Waals surface area contributed by atoms with Gasteiger partial charge in [-0.1, -0.05) is 6.42 Å². The molecule has 0 aromatic heterocycles. The summed E-state index contributed by atoms with van der Waals surface area (Å²) in [5.41, 5.74) is 5.55. The second-order valence-electron chi connectivity index (χ2n) is 3.49. The van der Waals surface area contributed by atoms with Crippen LogP contribution in [0.3, 0.4) is 0 Å². The minimum absolute atomic E-state index is 0.0619. The molecule has 12 heavy (non-hydrogen) atoms. The van der Waals surface area contributed by atoms with Gasteiger partial charge in [0.1, 0.15) is 0 Å². The van der Waals surface area contributed by atoms with Crippen LogP contribution in [-0.2, 0) is 9.53 Å². The third kappa shape index (κ3) is 2.21. The Hall–Kier alpha value is -0.570. The number of hydrogen-bond acceptors (Lipinski definition) is 3. The van der Waals surface area contributed by atoms with Crippen LogP contribution < -0.4 is 5.73 Å². The third-order valence-electron chi connectivity index (χ3n) is 2.65. The second kappa shape index (κ2) is 4.45. The van der Waals surface area contributed by atoms with Gasteiger partial charge in [0.15, 0.2) is 0 Å². The number of carbonyl (C=O) groups excluding carboxylic acids is 1. The average molecular weight is 171 g/mol. The highest BCUT2D eigenvalue weighted by atomic mass is 16.5. The van der Waals surface area contributed by atoms with Crippen molar-refractivity contribution in [2.75, 3.05) is 13.7 Å². The van der Waals surface area contributed by atoms with Crippen molar-refractivity contribution in [3.05, 3.63) is 0 Å². The highest BCUT2D eigenvalue weighted by molar-refractivity contribution is 5.72. The normalized spacial score (nSPS) is 29.8. The van der Waals surface area contributed by atoms with Crippen LogP contribution in [0.25, 0.3) is 0 Å². The first-order valence-electron chi connectivity index (χ1n) is 4.55. The van der Waals surface area contributed by atoms with Gasteiger partial charge in [-0.15, -0.1) is 0 Å². The number of rotatable bonds is 2. The maximum Gasteiger partial charge on any atom is 0.308 e. The van der Waals surface area contributed by atoms with Gasteiger partial charge in [-0.05, 0) is 31.7 Å². The van der Waals surface area contributed by atoms with Crippen molar-refractivity contribution in [3.8, 4) is 0 Å². The number of carbonyl (C=O) groups is 1. The maximum atomic E-state index is 11.2. The molecule has 1 aliphatic carbocycles. The zero-order chi connectivity index (χ0) is 8.97. The standard InChI is InChI=1S/C9H17NO2/c1-12-9(11)8-4-2-3-7(5-8)6-10/h7-8H,2-6,10H2,1H3/t7-,8-/m1/s1. The van der Waals surface area contributed by atoms with Crippen LogP contribution in [0.1, 0.15) is 25.7 Å². The Morgan fingerprint density at radius 1 is 1.58 bits per heavy atom. The quantitative estimate of drug-likeness (QED) is 0.629. The monoisotopic (exact) mass is 171 g/mol. The lowest BCUT2D eigenvalue weighted by Gasteiger charge is -2.26. The number of nitrogens with two attached hydrogens (primary N) is 1. The molecule has 1 saturated carbocycles. The van der Waals surface area contributed by atoms with Crippen molar-refractivity contribution in [2.45, 2.75) is 25.7 Å². The lowest BCUT2D eigenvalue weighted by Crippen LogP contribution is -2.27. The lowest BCUT2D eigenvalue weighted by atomic mass is 9.81. The molecule has 0 radical (unpaired) electrons. The largest absolute Gasteiger partial charge is 0.469 e. The van der Waals surface area contributed by atoms with E-state index in [-0.39, 0.29) is 11.9 Å². The average Bonchev–Trinajstić information content (AvgIpc) is 2.17. The number of hydrogen-bond donors (Lipinski definition) is 1. The van der Waals surface area contributed by atoms with Gasteiger partial charge in [0.2, 0.25) is 0 Å². The summed E-state index contributed by atoms with van der Waals surface area (Å²) in [5.74, 6) is 0.577. The molecule has 2 atom stereocenters. The van der Waals surface area contributed by atoms with E-state index in [9.17, 15) is 4.79 Å². The Kier molecular flexibility index (Phi) is 3.53. The fraction of sp³-hybridized carbons (Fsp3) is 0.889. The highest BCUT2D eigenvalue weighted by Gasteiger charge is 2.26. The minimum Gasteiger partial charge on any atom is -0.469 e. The van der Waals surface area contributed by atoms with Crippen LogP contribution in [0, 0.1) is 11.8 Å². The van der Waals surface area contributed by atoms with Crippen LogP contribution in [0.5, 0.6) is 0 Å². The van der Waals surface area contributed by atoms with Gasteiger partial charge >= 0.3 is 5.97 Å². The van der Waals surface area contributed by atoms with Crippen molar-refractivity contribution in [2.24, 2.45) is 17.6 Å². The summed E-state index contributed by atoms with van der Waals surface area (Å²) < 4.78 is 4.70. The summed E-state index contributed by atoms with van der Waals surface area (Å²) in [6.45, 7) is 0.702. The predicted molar refractivity (Wildman–Crippen MR) is 46.5 cm³/mol. The van der Waals surface area contributed by atoms with Crippen molar-refractivity contribution >= 4 is 5.97 Å². The highest BCUT2D eigenvalue weighted by Crippen LogP contribution is 2.28. The molecule has 1 fully saturated rings. The molecule has 0 amide bonds.